The maximum absolute atomic E-state index is 11.6. The molecule has 170 valence electrons. The molecule has 1 atom stereocenters. The van der Waals surface area contributed by atoms with E-state index in [-0.39, 0.29) is 5.91 Å². The quantitative estimate of drug-likeness (QED) is 0.505. The second-order valence-electron chi connectivity index (χ2n) is 8.47. The van der Waals surface area contributed by atoms with Crippen LogP contribution in [0.25, 0.3) is 28.0 Å². The number of hydrogen-bond acceptors (Lipinski definition) is 6. The fraction of sp³-hybridized carbons (Fsp3) is 0.333. The van der Waals surface area contributed by atoms with Crippen LogP contribution in [0.2, 0.25) is 0 Å². The van der Waals surface area contributed by atoms with Crippen molar-refractivity contribution in [3.05, 3.63) is 54.2 Å². The van der Waals surface area contributed by atoms with Gasteiger partial charge in [-0.05, 0) is 30.7 Å². The molecule has 0 saturated carbocycles. The minimum atomic E-state index is -0.550. The van der Waals surface area contributed by atoms with Crippen molar-refractivity contribution in [3.8, 4) is 22.5 Å². The molecule has 5 heterocycles. The molecule has 1 amide bonds. The molecule has 0 aliphatic carbocycles. The third kappa shape index (κ3) is 3.79. The normalized spacial score (nSPS) is 18.2. The fourth-order valence-corrected chi connectivity index (χ4v) is 4.38. The summed E-state index contributed by atoms with van der Waals surface area (Å²) in [5, 5.41) is 7.09. The highest BCUT2D eigenvalue weighted by molar-refractivity contribution is 5.91. The summed E-state index contributed by atoms with van der Waals surface area (Å²) in [6.45, 7) is 4.64. The van der Waals surface area contributed by atoms with Gasteiger partial charge in [-0.2, -0.15) is 5.10 Å². The van der Waals surface area contributed by atoms with Crippen LogP contribution in [0, 0.1) is 6.92 Å². The van der Waals surface area contributed by atoms with E-state index in [4.69, 9.17) is 14.5 Å². The zero-order valence-corrected chi connectivity index (χ0v) is 19.1. The van der Waals surface area contributed by atoms with Gasteiger partial charge in [-0.3, -0.25) is 13.9 Å². The standard InChI is InChI=1S/C24H26N6O3/c1-15-7-19(28-22(8-15)24(32-4)5-6-33-13-24)18-9-20(17-11-26-29(3)12-17)30-14-25-23(10-21(18)30)27-16(2)31/h7-12,14H,5-6,13H2,1-4H3,(H,27,31)/t24-/m1/s1. The Morgan fingerprint density at radius 3 is 2.79 bits per heavy atom. The maximum atomic E-state index is 11.6. The van der Waals surface area contributed by atoms with Gasteiger partial charge in [0.15, 0.2) is 0 Å². The molecule has 33 heavy (non-hydrogen) atoms. The summed E-state index contributed by atoms with van der Waals surface area (Å²) in [5.74, 6) is 0.309. The third-order valence-corrected chi connectivity index (χ3v) is 6.06. The zero-order valence-electron chi connectivity index (χ0n) is 19.1. The van der Waals surface area contributed by atoms with Crippen LogP contribution in [0.3, 0.4) is 0 Å². The summed E-state index contributed by atoms with van der Waals surface area (Å²) in [7, 11) is 3.59. The minimum Gasteiger partial charge on any atom is -0.378 e. The van der Waals surface area contributed by atoms with Gasteiger partial charge in [0.25, 0.3) is 0 Å². The fourth-order valence-electron chi connectivity index (χ4n) is 4.38. The molecule has 0 radical (unpaired) electrons. The Morgan fingerprint density at radius 2 is 2.12 bits per heavy atom. The maximum Gasteiger partial charge on any atom is 0.222 e. The molecule has 0 aromatic carbocycles. The largest absolute Gasteiger partial charge is 0.378 e. The first kappa shape index (κ1) is 21.3. The molecule has 1 N–H and O–H groups in total. The summed E-state index contributed by atoms with van der Waals surface area (Å²) in [5.41, 5.74) is 5.91. The van der Waals surface area contributed by atoms with Gasteiger partial charge in [0, 0.05) is 57.5 Å². The van der Waals surface area contributed by atoms with E-state index in [0.29, 0.717) is 19.0 Å². The lowest BCUT2D eigenvalue weighted by Gasteiger charge is -2.26. The average molecular weight is 447 g/mol. The Morgan fingerprint density at radius 1 is 1.27 bits per heavy atom. The van der Waals surface area contributed by atoms with Crippen molar-refractivity contribution >= 4 is 17.2 Å². The number of carbonyl (C=O) groups excluding carboxylic acids is 1. The number of aryl methyl sites for hydroxylation is 2. The summed E-state index contributed by atoms with van der Waals surface area (Å²) in [4.78, 5) is 21.1. The predicted octanol–water partition coefficient (Wildman–Crippen LogP) is 3.33. The smallest absolute Gasteiger partial charge is 0.222 e. The van der Waals surface area contributed by atoms with E-state index >= 15 is 0 Å². The van der Waals surface area contributed by atoms with Crippen molar-refractivity contribution in [2.45, 2.75) is 25.9 Å². The van der Waals surface area contributed by atoms with Crippen LogP contribution in [0.1, 0.15) is 24.6 Å². The number of nitrogens with one attached hydrogen (secondary N) is 1. The van der Waals surface area contributed by atoms with E-state index < -0.39 is 5.60 Å². The molecule has 9 nitrogen and oxygen atoms in total. The second-order valence-corrected chi connectivity index (χ2v) is 8.47. The van der Waals surface area contributed by atoms with Crippen molar-refractivity contribution in [2.75, 3.05) is 25.6 Å². The molecule has 0 bridgehead atoms. The van der Waals surface area contributed by atoms with Crippen LogP contribution in [-0.4, -0.2) is 50.4 Å². The van der Waals surface area contributed by atoms with Crippen molar-refractivity contribution in [2.24, 2.45) is 7.05 Å². The average Bonchev–Trinajstić information content (AvgIpc) is 3.51. The van der Waals surface area contributed by atoms with Gasteiger partial charge in [0.2, 0.25) is 5.91 Å². The van der Waals surface area contributed by atoms with Crippen LogP contribution < -0.4 is 5.32 Å². The molecule has 5 rings (SSSR count). The summed E-state index contributed by atoms with van der Waals surface area (Å²) >= 11 is 0. The molecule has 1 aliphatic rings. The zero-order chi connectivity index (χ0) is 23.2. The lowest BCUT2D eigenvalue weighted by molar-refractivity contribution is -0.114. The number of pyridine rings is 1. The van der Waals surface area contributed by atoms with Gasteiger partial charge < -0.3 is 14.8 Å². The van der Waals surface area contributed by atoms with Crippen molar-refractivity contribution < 1.29 is 14.3 Å². The van der Waals surface area contributed by atoms with Crippen molar-refractivity contribution in [3.63, 3.8) is 0 Å². The first-order valence-electron chi connectivity index (χ1n) is 10.8. The van der Waals surface area contributed by atoms with Crippen LogP contribution in [0.5, 0.6) is 0 Å². The Kier molecular flexibility index (Phi) is 5.22. The SMILES string of the molecule is CO[C@]1(c2cc(C)cc(-c3cc(-c4cnn(C)c4)n4cnc(NC(C)=O)cc34)n2)CCOC1. The molecule has 0 spiro atoms. The van der Waals surface area contributed by atoms with Gasteiger partial charge in [0.05, 0.1) is 35.4 Å². The lowest BCUT2D eigenvalue weighted by Crippen LogP contribution is -2.30. The van der Waals surface area contributed by atoms with E-state index in [1.165, 1.54) is 6.92 Å². The summed E-state index contributed by atoms with van der Waals surface area (Å²) < 4.78 is 15.3. The Hall–Kier alpha value is -3.56. The molecule has 4 aromatic heterocycles. The molecule has 1 fully saturated rings. The third-order valence-electron chi connectivity index (χ3n) is 6.06. The first-order chi connectivity index (χ1) is 15.9. The number of methoxy groups -OCH3 is 1. The number of amides is 1. The monoisotopic (exact) mass is 446 g/mol. The van der Waals surface area contributed by atoms with Crippen LogP contribution >= 0.6 is 0 Å². The van der Waals surface area contributed by atoms with Crippen molar-refractivity contribution in [1.82, 2.24) is 24.1 Å². The highest BCUT2D eigenvalue weighted by Crippen LogP contribution is 2.37. The minimum absolute atomic E-state index is 0.174. The van der Waals surface area contributed by atoms with Gasteiger partial charge in [-0.15, -0.1) is 0 Å². The van der Waals surface area contributed by atoms with Crippen molar-refractivity contribution in [1.29, 1.82) is 0 Å². The molecule has 1 saturated heterocycles. The number of carbonyl (C=O) groups is 1. The van der Waals surface area contributed by atoms with E-state index in [1.807, 2.05) is 29.9 Å². The topological polar surface area (TPSA) is 95.6 Å². The van der Waals surface area contributed by atoms with Crippen LogP contribution in [0.15, 0.2) is 43.0 Å². The number of fused-ring (bicyclic) bond motifs is 1. The lowest BCUT2D eigenvalue weighted by atomic mass is 9.95. The Labute approximate surface area is 191 Å². The van der Waals surface area contributed by atoms with Gasteiger partial charge in [-0.25, -0.2) is 9.97 Å². The molecule has 9 heteroatoms. The number of anilines is 1. The van der Waals surface area contributed by atoms with Gasteiger partial charge >= 0.3 is 0 Å². The number of aromatic nitrogens is 5. The summed E-state index contributed by atoms with van der Waals surface area (Å²) in [6, 6.07) is 8.07. The van der Waals surface area contributed by atoms with E-state index in [1.54, 1.807) is 18.1 Å². The number of nitrogens with zero attached hydrogens (tertiary/aromatic N) is 5. The predicted molar refractivity (Wildman–Crippen MR) is 124 cm³/mol. The number of hydrogen-bond donors (Lipinski definition) is 1. The summed E-state index contributed by atoms with van der Waals surface area (Å²) in [6.07, 6.45) is 6.24. The van der Waals surface area contributed by atoms with Gasteiger partial charge in [0.1, 0.15) is 17.7 Å². The second kappa shape index (κ2) is 8.09. The molecule has 4 aromatic rings. The highest BCUT2D eigenvalue weighted by atomic mass is 16.5. The first-order valence-corrected chi connectivity index (χ1v) is 10.8. The molecule has 1 aliphatic heterocycles. The van der Waals surface area contributed by atoms with E-state index in [2.05, 4.69) is 40.5 Å². The Balaban J connectivity index is 1.72. The van der Waals surface area contributed by atoms with Gasteiger partial charge in [-0.1, -0.05) is 0 Å². The van der Waals surface area contributed by atoms with E-state index in [9.17, 15) is 4.79 Å². The highest BCUT2D eigenvalue weighted by Gasteiger charge is 2.38. The van der Waals surface area contributed by atoms with Crippen LogP contribution in [-0.2, 0) is 26.9 Å². The molecule has 0 unspecified atom stereocenters. The Bertz CT molecular complexity index is 1350. The molecular weight excluding hydrogens is 420 g/mol. The number of rotatable bonds is 5. The van der Waals surface area contributed by atoms with Crippen LogP contribution in [0.4, 0.5) is 5.82 Å². The number of ether oxygens (including phenoxy) is 2. The van der Waals surface area contributed by atoms with E-state index in [0.717, 1.165) is 45.7 Å². The molecular formula is C24H26N6O3.